The highest BCUT2D eigenvalue weighted by atomic mass is 35.5. The van der Waals surface area contributed by atoms with E-state index in [0.29, 0.717) is 13.0 Å². The zero-order valence-electron chi connectivity index (χ0n) is 11.1. The van der Waals surface area contributed by atoms with Crippen molar-refractivity contribution in [1.29, 1.82) is 0 Å². The fourth-order valence-corrected chi connectivity index (χ4v) is 2.98. The lowest BCUT2D eigenvalue weighted by atomic mass is 10.0. The van der Waals surface area contributed by atoms with Gasteiger partial charge < -0.3 is 10.0 Å². The first-order chi connectivity index (χ1) is 9.15. The van der Waals surface area contributed by atoms with Crippen LogP contribution in [-0.4, -0.2) is 34.4 Å². The lowest BCUT2D eigenvalue weighted by molar-refractivity contribution is -0.129. The third-order valence-electron chi connectivity index (χ3n) is 3.85. The summed E-state index contributed by atoms with van der Waals surface area (Å²) in [5.74, 6) is 0.161. The topological polar surface area (TPSA) is 40.5 Å². The van der Waals surface area contributed by atoms with Crippen molar-refractivity contribution in [3.05, 3.63) is 35.9 Å². The molecule has 1 N–H and O–H groups in total. The van der Waals surface area contributed by atoms with Crippen molar-refractivity contribution in [2.24, 2.45) is 5.92 Å². The number of hydrogen-bond donors (Lipinski definition) is 1. The summed E-state index contributed by atoms with van der Waals surface area (Å²) in [6.45, 7) is 2.87. The molecule has 3 nitrogen and oxygen atoms in total. The van der Waals surface area contributed by atoms with Gasteiger partial charge in [0.25, 0.3) is 0 Å². The standard InChI is InChI=1S/C15H20ClNO2/c1-11(12-6-3-2-4-7-12)17-10-13(8-5-9-18)14(16)15(17)19/h2-4,6-7,11,13-14,18H,5,8-10H2,1H3. The third kappa shape index (κ3) is 3.10. The van der Waals surface area contributed by atoms with E-state index in [-0.39, 0.29) is 24.5 Å². The van der Waals surface area contributed by atoms with Gasteiger partial charge in [-0.2, -0.15) is 0 Å². The normalized spacial score (nSPS) is 24.8. The number of benzene rings is 1. The van der Waals surface area contributed by atoms with Crippen LogP contribution < -0.4 is 0 Å². The maximum absolute atomic E-state index is 12.2. The SMILES string of the molecule is CC(c1ccccc1)N1CC(CCCO)C(Cl)C1=O. The van der Waals surface area contributed by atoms with E-state index in [1.54, 1.807) is 0 Å². The number of carbonyl (C=O) groups is 1. The minimum absolute atomic E-state index is 0.0148. The molecule has 2 rings (SSSR count). The van der Waals surface area contributed by atoms with Gasteiger partial charge in [-0.15, -0.1) is 11.6 Å². The minimum atomic E-state index is -0.447. The van der Waals surface area contributed by atoms with Crippen LogP contribution in [0.3, 0.4) is 0 Å². The van der Waals surface area contributed by atoms with Crippen LogP contribution in [0.5, 0.6) is 0 Å². The van der Waals surface area contributed by atoms with Crippen molar-refractivity contribution in [2.75, 3.05) is 13.2 Å². The van der Waals surface area contributed by atoms with E-state index in [1.807, 2.05) is 42.2 Å². The molecule has 0 bridgehead atoms. The highest BCUT2D eigenvalue weighted by Crippen LogP contribution is 2.33. The Balaban J connectivity index is 2.07. The van der Waals surface area contributed by atoms with Crippen LogP contribution in [0.15, 0.2) is 30.3 Å². The Kier molecular flexibility index (Phi) is 4.83. The molecule has 19 heavy (non-hydrogen) atoms. The number of nitrogens with zero attached hydrogens (tertiary/aromatic N) is 1. The highest BCUT2D eigenvalue weighted by molar-refractivity contribution is 6.31. The Hall–Kier alpha value is -1.06. The maximum atomic E-state index is 12.2. The molecule has 104 valence electrons. The van der Waals surface area contributed by atoms with Crippen molar-refractivity contribution in [2.45, 2.75) is 31.2 Å². The summed E-state index contributed by atoms with van der Waals surface area (Å²) in [6.07, 6.45) is 1.50. The van der Waals surface area contributed by atoms with E-state index in [2.05, 4.69) is 0 Å². The molecule has 0 spiro atoms. The van der Waals surface area contributed by atoms with Gasteiger partial charge in [0.15, 0.2) is 0 Å². The summed E-state index contributed by atoms with van der Waals surface area (Å²) < 4.78 is 0. The van der Waals surface area contributed by atoms with Gasteiger partial charge in [-0.3, -0.25) is 4.79 Å². The van der Waals surface area contributed by atoms with Crippen LogP contribution in [0, 0.1) is 5.92 Å². The van der Waals surface area contributed by atoms with E-state index in [4.69, 9.17) is 16.7 Å². The van der Waals surface area contributed by atoms with Gasteiger partial charge in [0.05, 0.1) is 6.04 Å². The van der Waals surface area contributed by atoms with Gasteiger partial charge in [-0.1, -0.05) is 30.3 Å². The molecule has 1 aliphatic rings. The number of likely N-dealkylation sites (tertiary alicyclic amines) is 1. The van der Waals surface area contributed by atoms with E-state index in [9.17, 15) is 4.79 Å². The summed E-state index contributed by atoms with van der Waals surface area (Å²) >= 11 is 6.22. The number of halogens is 1. The smallest absolute Gasteiger partial charge is 0.241 e. The van der Waals surface area contributed by atoms with Gasteiger partial charge in [0.2, 0.25) is 5.91 Å². The average molecular weight is 282 g/mol. The first-order valence-corrected chi connectivity index (χ1v) is 7.19. The van der Waals surface area contributed by atoms with E-state index < -0.39 is 5.38 Å². The van der Waals surface area contributed by atoms with Gasteiger partial charge >= 0.3 is 0 Å². The number of aliphatic hydroxyl groups is 1. The second kappa shape index (κ2) is 6.40. The Morgan fingerprint density at radius 2 is 2.11 bits per heavy atom. The molecule has 1 aromatic carbocycles. The molecular formula is C15H20ClNO2. The number of alkyl halides is 1. The first-order valence-electron chi connectivity index (χ1n) is 6.75. The summed E-state index contributed by atoms with van der Waals surface area (Å²) in [5, 5.41) is 8.44. The zero-order valence-corrected chi connectivity index (χ0v) is 11.9. The first kappa shape index (κ1) is 14.4. The Morgan fingerprint density at radius 3 is 2.74 bits per heavy atom. The van der Waals surface area contributed by atoms with Crippen LogP contribution >= 0.6 is 11.6 Å². The molecule has 1 amide bonds. The quantitative estimate of drug-likeness (QED) is 0.843. The molecule has 1 heterocycles. The van der Waals surface area contributed by atoms with E-state index >= 15 is 0 Å². The van der Waals surface area contributed by atoms with Gasteiger partial charge in [-0.25, -0.2) is 0 Å². The Bertz CT molecular complexity index is 423. The fraction of sp³-hybridized carbons (Fsp3) is 0.533. The Labute approximate surface area is 119 Å². The van der Waals surface area contributed by atoms with Crippen LogP contribution in [0.25, 0.3) is 0 Å². The average Bonchev–Trinajstić information content (AvgIpc) is 2.73. The second-order valence-electron chi connectivity index (χ2n) is 5.10. The second-order valence-corrected chi connectivity index (χ2v) is 5.58. The minimum Gasteiger partial charge on any atom is -0.396 e. The Morgan fingerprint density at radius 1 is 1.42 bits per heavy atom. The van der Waals surface area contributed by atoms with Crippen LogP contribution in [0.2, 0.25) is 0 Å². The molecule has 0 aromatic heterocycles. The molecule has 3 atom stereocenters. The molecule has 0 saturated carbocycles. The van der Waals surface area contributed by atoms with Crippen LogP contribution in [0.4, 0.5) is 0 Å². The van der Waals surface area contributed by atoms with Crippen LogP contribution in [-0.2, 0) is 4.79 Å². The van der Waals surface area contributed by atoms with Crippen molar-refractivity contribution in [3.8, 4) is 0 Å². The maximum Gasteiger partial charge on any atom is 0.241 e. The van der Waals surface area contributed by atoms with Gasteiger partial charge in [0, 0.05) is 19.1 Å². The molecular weight excluding hydrogens is 262 g/mol. The number of hydrogen-bond acceptors (Lipinski definition) is 2. The van der Waals surface area contributed by atoms with Gasteiger partial charge in [0.1, 0.15) is 5.38 Å². The molecule has 0 aliphatic carbocycles. The number of rotatable bonds is 5. The lowest BCUT2D eigenvalue weighted by Crippen LogP contribution is -2.30. The van der Waals surface area contributed by atoms with Crippen molar-refractivity contribution >= 4 is 17.5 Å². The third-order valence-corrected chi connectivity index (χ3v) is 4.39. The van der Waals surface area contributed by atoms with E-state index in [1.165, 1.54) is 0 Å². The van der Waals surface area contributed by atoms with E-state index in [0.717, 1.165) is 12.0 Å². The number of carbonyl (C=O) groups excluding carboxylic acids is 1. The lowest BCUT2D eigenvalue weighted by Gasteiger charge is -2.25. The molecule has 4 heteroatoms. The highest BCUT2D eigenvalue weighted by Gasteiger charge is 2.40. The predicted molar refractivity (Wildman–Crippen MR) is 76.0 cm³/mol. The summed E-state index contributed by atoms with van der Waals surface area (Å²) in [4.78, 5) is 14.1. The molecule has 0 radical (unpaired) electrons. The fourth-order valence-electron chi connectivity index (χ4n) is 2.65. The summed E-state index contributed by atoms with van der Waals surface area (Å²) in [6, 6.07) is 10.0. The molecule has 1 aromatic rings. The van der Waals surface area contributed by atoms with Crippen molar-refractivity contribution in [1.82, 2.24) is 4.90 Å². The zero-order chi connectivity index (χ0) is 13.8. The molecule has 1 fully saturated rings. The van der Waals surface area contributed by atoms with Crippen molar-refractivity contribution < 1.29 is 9.90 Å². The predicted octanol–water partition coefficient (Wildman–Crippen LogP) is 2.59. The number of amides is 1. The summed E-state index contributed by atoms with van der Waals surface area (Å²) in [7, 11) is 0. The molecule has 1 aliphatic heterocycles. The number of aliphatic hydroxyl groups excluding tert-OH is 1. The monoisotopic (exact) mass is 281 g/mol. The van der Waals surface area contributed by atoms with Crippen LogP contribution in [0.1, 0.15) is 31.4 Å². The molecule has 1 saturated heterocycles. The molecule has 3 unspecified atom stereocenters. The largest absolute Gasteiger partial charge is 0.396 e. The van der Waals surface area contributed by atoms with Crippen molar-refractivity contribution in [3.63, 3.8) is 0 Å². The summed E-state index contributed by atoms with van der Waals surface area (Å²) in [5.41, 5.74) is 1.13. The van der Waals surface area contributed by atoms with Gasteiger partial charge in [-0.05, 0) is 25.3 Å².